The van der Waals surface area contributed by atoms with Crippen LogP contribution in [-0.4, -0.2) is 15.8 Å². The van der Waals surface area contributed by atoms with Gasteiger partial charge in [-0.3, -0.25) is 19.9 Å². The van der Waals surface area contributed by atoms with Crippen molar-refractivity contribution in [1.82, 2.24) is 4.98 Å². The Bertz CT molecular complexity index is 688. The zero-order chi connectivity index (χ0) is 14.7. The molecule has 0 unspecified atom stereocenters. The molecule has 1 amide bonds. The van der Waals surface area contributed by atoms with E-state index in [1.165, 1.54) is 24.4 Å². The molecule has 0 aliphatic carbocycles. The third-order valence-electron chi connectivity index (χ3n) is 2.58. The standard InChI is InChI=1S/C13H10ClN3O3/c1-8-6-10(14)9(7-15-8)13(18)16-11-4-2-3-5-12(11)17(19)20/h2-7H,1H3,(H,16,18). The van der Waals surface area contributed by atoms with Crippen molar-refractivity contribution in [3.8, 4) is 0 Å². The van der Waals surface area contributed by atoms with Gasteiger partial charge in [-0.25, -0.2) is 0 Å². The Labute approximate surface area is 119 Å². The molecule has 2 rings (SSSR count). The van der Waals surface area contributed by atoms with Crippen molar-refractivity contribution in [3.05, 3.63) is 62.9 Å². The molecule has 0 radical (unpaired) electrons. The largest absolute Gasteiger partial charge is 0.316 e. The number of anilines is 1. The first-order valence-corrected chi connectivity index (χ1v) is 6.04. The average Bonchev–Trinajstić information content (AvgIpc) is 2.38. The molecular weight excluding hydrogens is 282 g/mol. The van der Waals surface area contributed by atoms with Crippen molar-refractivity contribution in [2.75, 3.05) is 5.32 Å². The summed E-state index contributed by atoms with van der Waals surface area (Å²) in [6, 6.07) is 7.43. The number of aromatic nitrogens is 1. The summed E-state index contributed by atoms with van der Waals surface area (Å²) in [6.07, 6.45) is 1.34. The van der Waals surface area contributed by atoms with Crippen molar-refractivity contribution in [2.24, 2.45) is 0 Å². The molecular formula is C13H10ClN3O3. The van der Waals surface area contributed by atoms with E-state index in [0.717, 1.165) is 0 Å². The van der Waals surface area contributed by atoms with Crippen LogP contribution in [0.25, 0.3) is 0 Å². The van der Waals surface area contributed by atoms with E-state index in [2.05, 4.69) is 10.3 Å². The van der Waals surface area contributed by atoms with Gasteiger partial charge in [0, 0.05) is 18.0 Å². The number of nitrogens with zero attached hydrogens (tertiary/aromatic N) is 2. The summed E-state index contributed by atoms with van der Waals surface area (Å²) in [4.78, 5) is 26.3. The van der Waals surface area contributed by atoms with Crippen molar-refractivity contribution in [3.63, 3.8) is 0 Å². The SMILES string of the molecule is Cc1cc(Cl)c(C(=O)Nc2ccccc2[N+](=O)[O-])cn1. The Morgan fingerprint density at radius 2 is 2.10 bits per heavy atom. The van der Waals surface area contributed by atoms with Gasteiger partial charge in [-0.2, -0.15) is 0 Å². The maximum Gasteiger partial charge on any atom is 0.292 e. The van der Waals surface area contributed by atoms with Gasteiger partial charge < -0.3 is 5.32 Å². The summed E-state index contributed by atoms with van der Waals surface area (Å²) >= 11 is 5.96. The number of amides is 1. The fourth-order valence-corrected chi connectivity index (χ4v) is 1.91. The molecule has 7 heteroatoms. The van der Waals surface area contributed by atoms with Crippen LogP contribution in [0.1, 0.15) is 16.1 Å². The molecule has 0 aliphatic heterocycles. The Morgan fingerprint density at radius 3 is 2.75 bits per heavy atom. The number of halogens is 1. The number of carbonyl (C=O) groups excluding carboxylic acids is 1. The third-order valence-corrected chi connectivity index (χ3v) is 2.90. The lowest BCUT2D eigenvalue weighted by Crippen LogP contribution is -2.14. The zero-order valence-electron chi connectivity index (χ0n) is 10.5. The van der Waals surface area contributed by atoms with Crippen molar-refractivity contribution in [1.29, 1.82) is 0 Å². The summed E-state index contributed by atoms with van der Waals surface area (Å²) in [5.41, 5.74) is 0.767. The fourth-order valence-electron chi connectivity index (χ4n) is 1.62. The Kier molecular flexibility index (Phi) is 3.95. The second-order valence-corrected chi connectivity index (χ2v) is 4.44. The van der Waals surface area contributed by atoms with Gasteiger partial charge in [0.25, 0.3) is 11.6 Å². The lowest BCUT2D eigenvalue weighted by atomic mass is 10.2. The Morgan fingerprint density at radius 1 is 1.40 bits per heavy atom. The highest BCUT2D eigenvalue weighted by molar-refractivity contribution is 6.34. The minimum Gasteiger partial charge on any atom is -0.316 e. The predicted octanol–water partition coefficient (Wildman–Crippen LogP) is 3.20. The molecule has 0 spiro atoms. The first kappa shape index (κ1) is 14.0. The third kappa shape index (κ3) is 2.92. The Balaban J connectivity index is 2.30. The molecule has 1 N–H and O–H groups in total. The van der Waals surface area contributed by atoms with Gasteiger partial charge in [0.1, 0.15) is 5.69 Å². The zero-order valence-corrected chi connectivity index (χ0v) is 11.2. The van der Waals surface area contributed by atoms with Gasteiger partial charge in [-0.15, -0.1) is 0 Å². The van der Waals surface area contributed by atoms with Gasteiger partial charge in [-0.1, -0.05) is 23.7 Å². The van der Waals surface area contributed by atoms with Crippen LogP contribution in [-0.2, 0) is 0 Å². The van der Waals surface area contributed by atoms with Crippen molar-refractivity contribution in [2.45, 2.75) is 6.92 Å². The van der Waals surface area contributed by atoms with Gasteiger partial charge in [0.05, 0.1) is 15.5 Å². The molecule has 102 valence electrons. The second-order valence-electron chi connectivity index (χ2n) is 4.03. The average molecular weight is 292 g/mol. The summed E-state index contributed by atoms with van der Waals surface area (Å²) < 4.78 is 0. The first-order valence-electron chi connectivity index (χ1n) is 5.66. The van der Waals surface area contributed by atoms with E-state index in [1.54, 1.807) is 19.1 Å². The van der Waals surface area contributed by atoms with Crippen LogP contribution in [0.15, 0.2) is 36.5 Å². The summed E-state index contributed by atoms with van der Waals surface area (Å²) in [5.74, 6) is -0.545. The molecule has 0 fully saturated rings. The van der Waals surface area contributed by atoms with Crippen LogP contribution < -0.4 is 5.32 Å². The smallest absolute Gasteiger partial charge is 0.292 e. The molecule has 1 aromatic carbocycles. The molecule has 0 saturated carbocycles. The van der Waals surface area contributed by atoms with Crippen LogP contribution in [0.5, 0.6) is 0 Å². The van der Waals surface area contributed by atoms with E-state index >= 15 is 0 Å². The molecule has 0 atom stereocenters. The van der Waals surface area contributed by atoms with Crippen LogP contribution in [0.2, 0.25) is 5.02 Å². The minimum atomic E-state index is -0.565. The number of nitro benzene ring substituents is 1. The topological polar surface area (TPSA) is 85.1 Å². The number of nitrogens with one attached hydrogen (secondary N) is 1. The monoisotopic (exact) mass is 291 g/mol. The first-order chi connectivity index (χ1) is 9.49. The number of rotatable bonds is 3. The van der Waals surface area contributed by atoms with E-state index in [1.807, 2.05) is 0 Å². The maximum atomic E-state index is 12.1. The molecule has 1 heterocycles. The molecule has 6 nitrogen and oxygen atoms in total. The number of nitro groups is 1. The number of hydrogen-bond donors (Lipinski definition) is 1. The number of benzene rings is 1. The molecule has 20 heavy (non-hydrogen) atoms. The predicted molar refractivity (Wildman–Crippen MR) is 75.0 cm³/mol. The van der Waals surface area contributed by atoms with Crippen LogP contribution in [0.4, 0.5) is 11.4 Å². The normalized spacial score (nSPS) is 10.1. The summed E-state index contributed by atoms with van der Waals surface area (Å²) in [7, 11) is 0. The lowest BCUT2D eigenvalue weighted by Gasteiger charge is -2.07. The van der Waals surface area contributed by atoms with E-state index in [-0.39, 0.29) is 22.0 Å². The van der Waals surface area contributed by atoms with Crippen LogP contribution >= 0.6 is 11.6 Å². The van der Waals surface area contributed by atoms with Crippen molar-refractivity contribution < 1.29 is 9.72 Å². The molecule has 0 saturated heterocycles. The molecule has 1 aromatic heterocycles. The van der Waals surface area contributed by atoms with Crippen molar-refractivity contribution >= 4 is 28.9 Å². The van der Waals surface area contributed by atoms with Crippen LogP contribution in [0.3, 0.4) is 0 Å². The van der Waals surface area contributed by atoms with E-state index < -0.39 is 10.8 Å². The molecule has 0 aliphatic rings. The quantitative estimate of drug-likeness (QED) is 0.695. The molecule has 0 bridgehead atoms. The van der Waals surface area contributed by atoms with Gasteiger partial charge in [0.15, 0.2) is 0 Å². The van der Waals surface area contributed by atoms with Gasteiger partial charge >= 0.3 is 0 Å². The number of carbonyl (C=O) groups is 1. The second kappa shape index (κ2) is 5.66. The van der Waals surface area contributed by atoms with Gasteiger partial charge in [0.2, 0.25) is 0 Å². The maximum absolute atomic E-state index is 12.1. The lowest BCUT2D eigenvalue weighted by molar-refractivity contribution is -0.383. The molecule has 2 aromatic rings. The highest BCUT2D eigenvalue weighted by Gasteiger charge is 2.17. The minimum absolute atomic E-state index is 0.110. The number of hydrogen-bond acceptors (Lipinski definition) is 4. The number of para-hydroxylation sites is 2. The highest BCUT2D eigenvalue weighted by atomic mass is 35.5. The van der Waals surface area contributed by atoms with Gasteiger partial charge in [-0.05, 0) is 19.1 Å². The fraction of sp³-hybridized carbons (Fsp3) is 0.0769. The van der Waals surface area contributed by atoms with E-state index in [0.29, 0.717) is 5.69 Å². The van der Waals surface area contributed by atoms with Crippen LogP contribution in [0, 0.1) is 17.0 Å². The summed E-state index contributed by atoms with van der Waals surface area (Å²) in [6.45, 7) is 1.75. The summed E-state index contributed by atoms with van der Waals surface area (Å²) in [5, 5.41) is 13.6. The number of pyridine rings is 1. The number of aryl methyl sites for hydroxylation is 1. The van der Waals surface area contributed by atoms with E-state index in [9.17, 15) is 14.9 Å². The van der Waals surface area contributed by atoms with E-state index in [4.69, 9.17) is 11.6 Å². The highest BCUT2D eigenvalue weighted by Crippen LogP contribution is 2.25. The Hall–Kier alpha value is -2.47.